The number of hydrogen-bond donors (Lipinski definition) is 0. The molecule has 4 nitrogen and oxygen atoms in total. The van der Waals surface area contributed by atoms with E-state index in [1.54, 1.807) is 0 Å². The Labute approximate surface area is 153 Å². The summed E-state index contributed by atoms with van der Waals surface area (Å²) in [6.45, 7) is 0.0948. The van der Waals surface area contributed by atoms with Gasteiger partial charge in [0, 0.05) is 6.08 Å². The lowest BCUT2D eigenvalue weighted by molar-refractivity contribution is -0.124. The minimum absolute atomic E-state index is 0.0948. The van der Waals surface area contributed by atoms with E-state index in [1.807, 2.05) is 30.3 Å². The summed E-state index contributed by atoms with van der Waals surface area (Å²) in [4.78, 5) is 25.3. The fourth-order valence-electron chi connectivity index (χ4n) is 2.69. The van der Waals surface area contributed by atoms with E-state index in [-0.39, 0.29) is 12.2 Å². The summed E-state index contributed by atoms with van der Waals surface area (Å²) in [5, 5.41) is -0.612. The molecule has 0 unspecified atom stereocenters. The summed E-state index contributed by atoms with van der Waals surface area (Å²) in [5.74, 6) is -2.48. The summed E-state index contributed by atoms with van der Waals surface area (Å²) in [6, 6.07) is 10.9. The first kappa shape index (κ1) is 18.1. The van der Waals surface area contributed by atoms with Crippen molar-refractivity contribution in [3.63, 3.8) is 0 Å². The molecule has 0 aromatic heterocycles. The number of cyclic esters (lactones) is 1. The molecule has 26 heavy (non-hydrogen) atoms. The van der Waals surface area contributed by atoms with Crippen LogP contribution in [0, 0.1) is 11.6 Å². The molecule has 1 fully saturated rings. The zero-order chi connectivity index (χ0) is 18.7. The van der Waals surface area contributed by atoms with E-state index >= 15 is 0 Å². The average Bonchev–Trinajstić information content (AvgIpc) is 2.98. The van der Waals surface area contributed by atoms with Gasteiger partial charge in [-0.2, -0.15) is 0 Å². The van der Waals surface area contributed by atoms with Crippen molar-refractivity contribution in [1.82, 2.24) is 4.90 Å². The molecule has 1 atom stereocenters. The van der Waals surface area contributed by atoms with E-state index in [2.05, 4.69) is 0 Å². The van der Waals surface area contributed by atoms with Crippen LogP contribution in [-0.4, -0.2) is 29.5 Å². The summed E-state index contributed by atoms with van der Waals surface area (Å²) in [7, 11) is 0. The van der Waals surface area contributed by atoms with E-state index in [4.69, 9.17) is 16.3 Å². The Balaban J connectivity index is 1.75. The second kappa shape index (κ2) is 7.66. The largest absolute Gasteiger partial charge is 0.447 e. The molecule has 1 aliphatic heterocycles. The van der Waals surface area contributed by atoms with Crippen molar-refractivity contribution in [3.05, 3.63) is 76.3 Å². The first-order chi connectivity index (χ1) is 12.5. The van der Waals surface area contributed by atoms with Crippen LogP contribution in [-0.2, 0) is 16.0 Å². The molecule has 0 spiro atoms. The molecule has 1 saturated heterocycles. The highest BCUT2D eigenvalue weighted by Gasteiger charge is 2.36. The zero-order valence-corrected chi connectivity index (χ0v) is 14.2. The molecular weight excluding hydrogens is 364 g/mol. The topological polar surface area (TPSA) is 46.6 Å². The molecule has 0 bridgehead atoms. The Kier molecular flexibility index (Phi) is 5.32. The van der Waals surface area contributed by atoms with E-state index in [9.17, 15) is 18.4 Å². The molecule has 2 aromatic rings. The highest BCUT2D eigenvalue weighted by Crippen LogP contribution is 2.22. The van der Waals surface area contributed by atoms with Crippen molar-refractivity contribution in [2.24, 2.45) is 0 Å². The quantitative estimate of drug-likeness (QED) is 0.592. The smallest absolute Gasteiger partial charge is 0.417 e. The van der Waals surface area contributed by atoms with Crippen LogP contribution < -0.4 is 0 Å². The molecule has 0 N–H and O–H groups in total. The molecule has 2 amide bonds. The predicted octanol–water partition coefficient (Wildman–Crippen LogP) is 4.22. The van der Waals surface area contributed by atoms with Crippen LogP contribution in [0.15, 0.2) is 48.5 Å². The van der Waals surface area contributed by atoms with E-state index in [1.165, 1.54) is 6.08 Å². The maximum absolute atomic E-state index is 13.5. The van der Waals surface area contributed by atoms with E-state index in [0.717, 1.165) is 28.7 Å². The van der Waals surface area contributed by atoms with Crippen LogP contribution >= 0.6 is 11.6 Å². The van der Waals surface area contributed by atoms with Crippen molar-refractivity contribution < 1.29 is 23.1 Å². The van der Waals surface area contributed by atoms with Crippen molar-refractivity contribution in [2.75, 3.05) is 6.61 Å². The number of carbonyl (C=O) groups is 2. The highest BCUT2D eigenvalue weighted by molar-refractivity contribution is 6.30. The Bertz CT molecular complexity index is 847. The maximum Gasteiger partial charge on any atom is 0.417 e. The average molecular weight is 378 g/mol. The van der Waals surface area contributed by atoms with Gasteiger partial charge in [-0.3, -0.25) is 4.79 Å². The van der Waals surface area contributed by atoms with Gasteiger partial charge in [0.15, 0.2) is 0 Å². The molecule has 0 aliphatic carbocycles. The van der Waals surface area contributed by atoms with Crippen LogP contribution in [0.1, 0.15) is 11.1 Å². The normalized spacial score (nSPS) is 17.0. The van der Waals surface area contributed by atoms with Gasteiger partial charge in [-0.05, 0) is 35.8 Å². The number of amides is 2. The number of nitrogens with zero attached hydrogens (tertiary/aromatic N) is 1. The lowest BCUT2D eigenvalue weighted by Gasteiger charge is -2.18. The molecule has 0 radical (unpaired) electrons. The summed E-state index contributed by atoms with van der Waals surface area (Å²) < 4.78 is 31.9. The number of ether oxygens (including phenoxy) is 1. The number of rotatable bonds is 4. The van der Waals surface area contributed by atoms with Crippen LogP contribution in [0.4, 0.5) is 13.6 Å². The van der Waals surface area contributed by atoms with E-state index in [0.29, 0.717) is 6.42 Å². The van der Waals surface area contributed by atoms with Crippen LogP contribution in [0.3, 0.4) is 0 Å². The van der Waals surface area contributed by atoms with Gasteiger partial charge in [-0.1, -0.05) is 41.9 Å². The van der Waals surface area contributed by atoms with Gasteiger partial charge in [-0.15, -0.1) is 0 Å². The monoisotopic (exact) mass is 377 g/mol. The Morgan fingerprint density at radius 3 is 2.54 bits per heavy atom. The van der Waals surface area contributed by atoms with E-state index < -0.39 is 34.7 Å². The first-order valence-electron chi connectivity index (χ1n) is 7.82. The molecular formula is C19H14ClF2NO3. The van der Waals surface area contributed by atoms with Gasteiger partial charge in [0.2, 0.25) is 0 Å². The molecule has 134 valence electrons. The van der Waals surface area contributed by atoms with Crippen LogP contribution in [0.25, 0.3) is 6.08 Å². The number of halogens is 3. The molecule has 1 aliphatic rings. The fraction of sp³-hybridized carbons (Fsp3) is 0.158. The van der Waals surface area contributed by atoms with Crippen LogP contribution in [0.5, 0.6) is 0 Å². The number of imide groups is 1. The summed E-state index contributed by atoms with van der Waals surface area (Å²) in [5.41, 5.74) is 1.07. The van der Waals surface area contributed by atoms with Gasteiger partial charge in [0.25, 0.3) is 5.91 Å². The van der Waals surface area contributed by atoms with Gasteiger partial charge in [-0.25, -0.2) is 18.5 Å². The van der Waals surface area contributed by atoms with Gasteiger partial charge >= 0.3 is 6.09 Å². The van der Waals surface area contributed by atoms with Crippen molar-refractivity contribution in [2.45, 2.75) is 12.5 Å². The minimum Gasteiger partial charge on any atom is -0.447 e. The number of hydrogen-bond acceptors (Lipinski definition) is 3. The standard InChI is InChI=1S/C19H14ClF2NO3/c20-18-15(21)9-13(10-16(18)22)6-7-17(24)23-14(11-26-19(23)25)8-12-4-2-1-3-5-12/h1-7,9-10,14H,8,11H2/b7-6+/t14-/m0/s1. The number of benzene rings is 2. The summed E-state index contributed by atoms with van der Waals surface area (Å²) >= 11 is 5.42. The van der Waals surface area contributed by atoms with Crippen molar-refractivity contribution in [1.29, 1.82) is 0 Å². The SMILES string of the molecule is O=C(/C=C/c1cc(F)c(Cl)c(F)c1)N1C(=O)OC[C@@H]1Cc1ccccc1. The molecule has 1 heterocycles. The molecule has 0 saturated carbocycles. The second-order valence-corrected chi connectivity index (χ2v) is 6.14. The Morgan fingerprint density at radius 1 is 1.23 bits per heavy atom. The third-order valence-corrected chi connectivity index (χ3v) is 4.30. The van der Waals surface area contributed by atoms with Gasteiger partial charge in [0.05, 0.1) is 6.04 Å². The van der Waals surface area contributed by atoms with Gasteiger partial charge in [0.1, 0.15) is 23.3 Å². The molecule has 2 aromatic carbocycles. The zero-order valence-electron chi connectivity index (χ0n) is 13.5. The molecule has 7 heteroatoms. The van der Waals surface area contributed by atoms with Crippen molar-refractivity contribution >= 4 is 29.7 Å². The third-order valence-electron chi connectivity index (χ3n) is 3.94. The number of carbonyl (C=O) groups excluding carboxylic acids is 2. The highest BCUT2D eigenvalue weighted by atomic mass is 35.5. The fourth-order valence-corrected chi connectivity index (χ4v) is 2.80. The van der Waals surface area contributed by atoms with Crippen LogP contribution in [0.2, 0.25) is 5.02 Å². The summed E-state index contributed by atoms with van der Waals surface area (Å²) in [6.07, 6.45) is 2.01. The lowest BCUT2D eigenvalue weighted by Crippen LogP contribution is -2.39. The minimum atomic E-state index is -0.929. The predicted molar refractivity (Wildman–Crippen MR) is 92.5 cm³/mol. The first-order valence-corrected chi connectivity index (χ1v) is 8.20. The van der Waals surface area contributed by atoms with Gasteiger partial charge < -0.3 is 4.74 Å². The Hall–Kier alpha value is -2.73. The second-order valence-electron chi connectivity index (χ2n) is 5.76. The maximum atomic E-state index is 13.5. The third kappa shape index (κ3) is 3.91. The molecule has 3 rings (SSSR count). The lowest BCUT2D eigenvalue weighted by atomic mass is 10.1. The Morgan fingerprint density at radius 2 is 1.88 bits per heavy atom. The van der Waals surface area contributed by atoms with Crippen molar-refractivity contribution in [3.8, 4) is 0 Å².